The van der Waals surface area contributed by atoms with Gasteiger partial charge in [-0.2, -0.15) is 0 Å². The molecule has 0 saturated heterocycles. The Morgan fingerprint density at radius 3 is 2.38 bits per heavy atom. The zero-order valence-electron chi connectivity index (χ0n) is 13.6. The van der Waals surface area contributed by atoms with E-state index < -0.39 is 11.9 Å². The minimum Gasteiger partial charge on any atom is -0.481 e. The van der Waals surface area contributed by atoms with Crippen molar-refractivity contribution in [2.75, 3.05) is 5.73 Å². The van der Waals surface area contributed by atoms with Crippen LogP contribution in [-0.4, -0.2) is 11.1 Å². The highest BCUT2D eigenvalue weighted by molar-refractivity contribution is 5.80. The summed E-state index contributed by atoms with van der Waals surface area (Å²) in [6, 6.07) is 3.97. The fourth-order valence-corrected chi connectivity index (χ4v) is 3.61. The van der Waals surface area contributed by atoms with Crippen molar-refractivity contribution in [2.45, 2.75) is 59.3 Å². The molecule has 0 bridgehead atoms. The van der Waals surface area contributed by atoms with E-state index in [9.17, 15) is 9.90 Å². The molecular weight excluding hydrogens is 262 g/mol. The molecule has 3 nitrogen and oxygen atoms in total. The van der Waals surface area contributed by atoms with E-state index in [1.165, 1.54) is 0 Å². The van der Waals surface area contributed by atoms with E-state index in [1.807, 2.05) is 26.0 Å². The van der Waals surface area contributed by atoms with Gasteiger partial charge in [-0.3, -0.25) is 4.79 Å². The van der Waals surface area contributed by atoms with E-state index in [4.69, 9.17) is 5.73 Å². The van der Waals surface area contributed by atoms with Crippen LogP contribution in [0.1, 0.15) is 62.1 Å². The lowest BCUT2D eigenvalue weighted by molar-refractivity contribution is -0.140. The van der Waals surface area contributed by atoms with Gasteiger partial charge in [-0.15, -0.1) is 0 Å². The normalized spacial score (nSPS) is 20.2. The van der Waals surface area contributed by atoms with Crippen LogP contribution in [0.25, 0.3) is 0 Å². The van der Waals surface area contributed by atoms with Crippen LogP contribution >= 0.6 is 0 Å². The van der Waals surface area contributed by atoms with Crippen molar-refractivity contribution in [3.63, 3.8) is 0 Å². The maximum Gasteiger partial charge on any atom is 0.311 e. The number of carboxylic acid groups (broad SMARTS) is 1. The zero-order chi connectivity index (χ0) is 15.8. The molecule has 1 saturated carbocycles. The number of aryl methyl sites for hydroxylation is 2. The Bertz CT molecular complexity index is 538. The summed E-state index contributed by atoms with van der Waals surface area (Å²) in [5, 5.41) is 9.76. The second kappa shape index (κ2) is 5.70. The third-order valence-electron chi connectivity index (χ3n) is 5.02. The smallest absolute Gasteiger partial charge is 0.311 e. The molecule has 1 aromatic carbocycles. The fourth-order valence-electron chi connectivity index (χ4n) is 3.61. The Kier molecular flexibility index (Phi) is 4.31. The van der Waals surface area contributed by atoms with Crippen LogP contribution in [0.2, 0.25) is 0 Å². The third-order valence-corrected chi connectivity index (χ3v) is 5.02. The molecule has 1 fully saturated rings. The number of carboxylic acids is 1. The van der Waals surface area contributed by atoms with E-state index in [0.29, 0.717) is 11.1 Å². The summed E-state index contributed by atoms with van der Waals surface area (Å²) in [4.78, 5) is 11.9. The Morgan fingerprint density at radius 2 is 1.86 bits per heavy atom. The lowest BCUT2D eigenvalue weighted by Gasteiger charge is -2.37. The number of nitrogens with two attached hydrogens (primary N) is 1. The molecule has 0 amide bonds. The predicted octanol–water partition coefficient (Wildman–Crippen LogP) is 4.27. The summed E-state index contributed by atoms with van der Waals surface area (Å²) < 4.78 is 0. The second-order valence-corrected chi connectivity index (χ2v) is 7.40. The van der Waals surface area contributed by atoms with Crippen LogP contribution in [0.3, 0.4) is 0 Å². The van der Waals surface area contributed by atoms with Crippen molar-refractivity contribution < 1.29 is 9.90 Å². The molecule has 116 valence electrons. The van der Waals surface area contributed by atoms with Crippen LogP contribution < -0.4 is 5.73 Å². The van der Waals surface area contributed by atoms with E-state index in [0.717, 1.165) is 42.4 Å². The first-order valence-corrected chi connectivity index (χ1v) is 7.81. The molecule has 3 heteroatoms. The molecule has 3 N–H and O–H groups in total. The van der Waals surface area contributed by atoms with Gasteiger partial charge >= 0.3 is 5.97 Å². The van der Waals surface area contributed by atoms with Gasteiger partial charge in [-0.05, 0) is 62.0 Å². The molecule has 0 heterocycles. The molecule has 0 aliphatic heterocycles. The van der Waals surface area contributed by atoms with Gasteiger partial charge in [0.15, 0.2) is 0 Å². The standard InChI is InChI=1S/C18H27NO2/c1-11-9-12(2)16(19)14(10-11)15(17(20)21)13-5-7-18(3,4)8-6-13/h9-10,13,15H,5-8,19H2,1-4H3,(H,20,21). The number of hydrogen-bond acceptors (Lipinski definition) is 2. The lowest BCUT2D eigenvalue weighted by Crippen LogP contribution is -2.29. The van der Waals surface area contributed by atoms with E-state index in [2.05, 4.69) is 13.8 Å². The molecule has 1 aliphatic rings. The van der Waals surface area contributed by atoms with Crippen LogP contribution in [-0.2, 0) is 4.79 Å². The van der Waals surface area contributed by atoms with Gasteiger partial charge in [0.25, 0.3) is 0 Å². The van der Waals surface area contributed by atoms with Crippen molar-refractivity contribution in [3.8, 4) is 0 Å². The second-order valence-electron chi connectivity index (χ2n) is 7.40. The number of hydrogen-bond donors (Lipinski definition) is 2. The van der Waals surface area contributed by atoms with Gasteiger partial charge in [-0.25, -0.2) is 0 Å². The number of carbonyl (C=O) groups is 1. The minimum atomic E-state index is -0.739. The van der Waals surface area contributed by atoms with Crippen molar-refractivity contribution in [2.24, 2.45) is 11.3 Å². The molecular formula is C18H27NO2. The summed E-state index contributed by atoms with van der Waals surface area (Å²) in [7, 11) is 0. The molecule has 0 aromatic heterocycles. The Morgan fingerprint density at radius 1 is 1.29 bits per heavy atom. The van der Waals surface area contributed by atoms with Gasteiger partial charge in [0.2, 0.25) is 0 Å². The maximum atomic E-state index is 11.9. The molecule has 1 unspecified atom stereocenters. The summed E-state index contributed by atoms with van der Waals surface area (Å²) in [6.45, 7) is 8.49. The highest BCUT2D eigenvalue weighted by Crippen LogP contribution is 2.45. The van der Waals surface area contributed by atoms with Gasteiger partial charge < -0.3 is 10.8 Å². The lowest BCUT2D eigenvalue weighted by atomic mass is 9.68. The number of anilines is 1. The molecule has 0 radical (unpaired) electrons. The first kappa shape index (κ1) is 15.9. The van der Waals surface area contributed by atoms with Gasteiger partial charge in [0.1, 0.15) is 0 Å². The number of nitrogen functional groups attached to an aromatic ring is 1. The minimum absolute atomic E-state index is 0.194. The molecule has 1 aromatic rings. The van der Waals surface area contributed by atoms with Gasteiger partial charge in [0, 0.05) is 5.69 Å². The Hall–Kier alpha value is -1.51. The van der Waals surface area contributed by atoms with Gasteiger partial charge in [0.05, 0.1) is 5.92 Å². The van der Waals surface area contributed by atoms with Crippen LogP contribution in [0, 0.1) is 25.2 Å². The Balaban J connectivity index is 2.35. The highest BCUT2D eigenvalue weighted by Gasteiger charge is 2.36. The molecule has 1 aliphatic carbocycles. The summed E-state index contributed by atoms with van der Waals surface area (Å²) in [6.07, 6.45) is 4.12. The topological polar surface area (TPSA) is 63.3 Å². The summed E-state index contributed by atoms with van der Waals surface area (Å²) in [5.74, 6) is -1.02. The summed E-state index contributed by atoms with van der Waals surface area (Å²) >= 11 is 0. The average molecular weight is 289 g/mol. The quantitative estimate of drug-likeness (QED) is 0.817. The number of aliphatic carboxylic acids is 1. The van der Waals surface area contributed by atoms with E-state index >= 15 is 0 Å². The highest BCUT2D eigenvalue weighted by atomic mass is 16.4. The SMILES string of the molecule is Cc1cc(C)c(N)c(C(C(=O)O)C2CCC(C)(C)CC2)c1. The zero-order valence-corrected chi connectivity index (χ0v) is 13.6. The van der Waals surface area contributed by atoms with Crippen molar-refractivity contribution in [1.29, 1.82) is 0 Å². The monoisotopic (exact) mass is 289 g/mol. The number of benzene rings is 1. The summed E-state index contributed by atoms with van der Waals surface area (Å²) in [5.41, 5.74) is 10.0. The van der Waals surface area contributed by atoms with Crippen molar-refractivity contribution >= 4 is 11.7 Å². The van der Waals surface area contributed by atoms with Crippen LogP contribution in [0.15, 0.2) is 12.1 Å². The molecule has 21 heavy (non-hydrogen) atoms. The van der Waals surface area contributed by atoms with Crippen molar-refractivity contribution in [3.05, 3.63) is 28.8 Å². The average Bonchev–Trinajstić information content (AvgIpc) is 2.37. The first-order chi connectivity index (χ1) is 9.71. The van der Waals surface area contributed by atoms with E-state index in [-0.39, 0.29) is 5.92 Å². The van der Waals surface area contributed by atoms with Crippen LogP contribution in [0.4, 0.5) is 5.69 Å². The predicted molar refractivity (Wildman–Crippen MR) is 86.4 cm³/mol. The third kappa shape index (κ3) is 3.39. The van der Waals surface area contributed by atoms with Crippen molar-refractivity contribution in [1.82, 2.24) is 0 Å². The van der Waals surface area contributed by atoms with Crippen LogP contribution in [0.5, 0.6) is 0 Å². The molecule has 2 rings (SSSR count). The van der Waals surface area contributed by atoms with Gasteiger partial charge in [-0.1, -0.05) is 31.5 Å². The first-order valence-electron chi connectivity index (χ1n) is 7.81. The largest absolute Gasteiger partial charge is 0.481 e. The number of rotatable bonds is 3. The molecule has 0 spiro atoms. The molecule has 1 atom stereocenters. The van der Waals surface area contributed by atoms with E-state index in [1.54, 1.807) is 0 Å². The Labute approximate surface area is 127 Å². The maximum absolute atomic E-state index is 11.9. The fraction of sp³-hybridized carbons (Fsp3) is 0.611.